The summed E-state index contributed by atoms with van der Waals surface area (Å²) in [6.07, 6.45) is 0.763. The van der Waals surface area contributed by atoms with E-state index in [2.05, 4.69) is 41.5 Å². The van der Waals surface area contributed by atoms with Gasteiger partial charge in [-0.2, -0.15) is 0 Å². The van der Waals surface area contributed by atoms with Crippen LogP contribution in [0.4, 0.5) is 13.2 Å². The molecule has 0 aliphatic carbocycles. The van der Waals surface area contributed by atoms with Gasteiger partial charge in [-0.15, -0.1) is 19.8 Å². The topological polar surface area (TPSA) is 9.23 Å². The lowest BCUT2D eigenvalue weighted by Crippen LogP contribution is -2.08. The van der Waals surface area contributed by atoms with Crippen LogP contribution in [0.1, 0.15) is 17.5 Å². The molecule has 0 amide bonds. The van der Waals surface area contributed by atoms with Gasteiger partial charge in [0.1, 0.15) is 6.11 Å². The first-order valence-electron chi connectivity index (χ1n) is 8.45. The monoisotopic (exact) mass is 366 g/mol. The average molecular weight is 366 g/mol. The van der Waals surface area contributed by atoms with Gasteiger partial charge in [-0.1, -0.05) is 54.6 Å². The van der Waals surface area contributed by atoms with E-state index in [4.69, 9.17) is 0 Å². The molecule has 0 atom stereocenters. The van der Waals surface area contributed by atoms with Crippen LogP contribution in [0.25, 0.3) is 21.9 Å². The van der Waals surface area contributed by atoms with Crippen molar-refractivity contribution in [3.63, 3.8) is 0 Å². The molecule has 3 rings (SSSR count). The molecule has 0 heterocycles. The summed E-state index contributed by atoms with van der Waals surface area (Å²) in [7, 11) is 0. The summed E-state index contributed by atoms with van der Waals surface area (Å²) in [5.41, 5.74) is 3.86. The minimum atomic E-state index is -4.76. The highest BCUT2D eigenvalue weighted by molar-refractivity contribution is 5.91. The SMILES string of the molecule is C=CCCc1ccc(-c2ccc3c(C#COC(F)(F)F)cccc3c2)cc1. The van der Waals surface area contributed by atoms with E-state index in [1.165, 1.54) is 5.56 Å². The Hall–Kier alpha value is -3.19. The third kappa shape index (κ3) is 4.92. The fraction of sp³-hybridized carbons (Fsp3) is 0.130. The van der Waals surface area contributed by atoms with Gasteiger partial charge < -0.3 is 4.74 Å². The Morgan fingerprint density at radius 2 is 1.70 bits per heavy atom. The molecule has 0 aromatic heterocycles. The van der Waals surface area contributed by atoms with Crippen LogP contribution in [0, 0.1) is 12.0 Å². The molecule has 0 fully saturated rings. The lowest BCUT2D eigenvalue weighted by Gasteiger charge is -2.07. The Kier molecular flexibility index (Phi) is 5.52. The number of rotatable bonds is 4. The molecule has 0 spiro atoms. The molecule has 27 heavy (non-hydrogen) atoms. The van der Waals surface area contributed by atoms with E-state index in [-0.39, 0.29) is 0 Å². The van der Waals surface area contributed by atoms with E-state index in [1.807, 2.05) is 30.3 Å². The van der Waals surface area contributed by atoms with Crippen LogP contribution in [-0.4, -0.2) is 6.36 Å². The number of aryl methyl sites for hydroxylation is 1. The summed E-state index contributed by atoms with van der Waals surface area (Å²) < 4.78 is 39.8. The predicted octanol–water partition coefficient (Wildman–Crippen LogP) is 6.47. The number of benzene rings is 3. The van der Waals surface area contributed by atoms with Gasteiger partial charge in [0, 0.05) is 5.56 Å². The van der Waals surface area contributed by atoms with Crippen molar-refractivity contribution in [3.8, 4) is 23.2 Å². The van der Waals surface area contributed by atoms with Gasteiger partial charge >= 0.3 is 6.36 Å². The number of ether oxygens (including phenoxy) is 1. The lowest BCUT2D eigenvalue weighted by molar-refractivity contribution is -0.291. The minimum absolute atomic E-state index is 0.489. The van der Waals surface area contributed by atoms with Crippen molar-refractivity contribution in [1.29, 1.82) is 0 Å². The summed E-state index contributed by atoms with van der Waals surface area (Å²) in [4.78, 5) is 0. The van der Waals surface area contributed by atoms with E-state index in [0.717, 1.165) is 34.7 Å². The van der Waals surface area contributed by atoms with Crippen molar-refractivity contribution >= 4 is 10.8 Å². The van der Waals surface area contributed by atoms with Crippen molar-refractivity contribution in [1.82, 2.24) is 0 Å². The van der Waals surface area contributed by atoms with Crippen molar-refractivity contribution < 1.29 is 17.9 Å². The summed E-state index contributed by atoms with van der Waals surface area (Å²) in [6.45, 7) is 3.73. The molecular weight excluding hydrogens is 349 g/mol. The van der Waals surface area contributed by atoms with Gasteiger partial charge in [-0.3, -0.25) is 0 Å². The fourth-order valence-electron chi connectivity index (χ4n) is 2.84. The standard InChI is InChI=1S/C23H17F3O/c1-2-3-5-17-8-10-18(11-9-17)20-12-13-22-19(6-4-7-21(22)16-20)14-15-27-23(24,25)26/h2,4,6-13,16H,1,3,5H2. The number of halogens is 3. The molecule has 0 N–H and O–H groups in total. The third-order valence-electron chi connectivity index (χ3n) is 4.16. The maximum Gasteiger partial charge on any atom is 0.581 e. The first-order valence-corrected chi connectivity index (χ1v) is 8.45. The molecule has 0 unspecified atom stereocenters. The molecule has 0 aliphatic rings. The van der Waals surface area contributed by atoms with Gasteiger partial charge in [-0.05, 0) is 58.4 Å². The van der Waals surface area contributed by atoms with E-state index in [0.29, 0.717) is 5.56 Å². The zero-order chi connectivity index (χ0) is 19.3. The maximum absolute atomic E-state index is 12.1. The molecule has 0 aliphatic heterocycles. The van der Waals surface area contributed by atoms with E-state index < -0.39 is 6.36 Å². The van der Waals surface area contributed by atoms with Gasteiger partial charge in [-0.25, -0.2) is 0 Å². The summed E-state index contributed by atoms with van der Waals surface area (Å²) in [5.74, 6) is 2.43. The molecular formula is C23H17F3O. The second-order valence-electron chi connectivity index (χ2n) is 6.04. The summed E-state index contributed by atoms with van der Waals surface area (Å²) in [6, 6.07) is 19.5. The van der Waals surface area contributed by atoms with Gasteiger partial charge in [0.25, 0.3) is 0 Å². The van der Waals surface area contributed by atoms with E-state index >= 15 is 0 Å². The van der Waals surface area contributed by atoms with E-state index in [9.17, 15) is 13.2 Å². The second kappa shape index (κ2) is 8.01. The summed E-state index contributed by atoms with van der Waals surface area (Å²) >= 11 is 0. The Bertz CT molecular complexity index is 1010. The average Bonchev–Trinajstić information content (AvgIpc) is 2.65. The Balaban J connectivity index is 1.89. The van der Waals surface area contributed by atoms with Gasteiger partial charge in [0.15, 0.2) is 0 Å². The van der Waals surface area contributed by atoms with Crippen LogP contribution < -0.4 is 0 Å². The van der Waals surface area contributed by atoms with E-state index in [1.54, 1.807) is 18.2 Å². The van der Waals surface area contributed by atoms with Crippen LogP contribution in [0.2, 0.25) is 0 Å². The fourth-order valence-corrected chi connectivity index (χ4v) is 2.84. The second-order valence-corrected chi connectivity index (χ2v) is 6.04. The van der Waals surface area contributed by atoms with Crippen molar-refractivity contribution in [2.45, 2.75) is 19.2 Å². The Morgan fingerprint density at radius 1 is 0.963 bits per heavy atom. The quantitative estimate of drug-likeness (QED) is 0.380. The Labute approximate surface area is 156 Å². The molecule has 0 bridgehead atoms. The molecule has 0 radical (unpaired) electrons. The zero-order valence-electron chi connectivity index (χ0n) is 14.5. The Morgan fingerprint density at radius 3 is 2.41 bits per heavy atom. The predicted molar refractivity (Wildman–Crippen MR) is 102 cm³/mol. The summed E-state index contributed by atoms with van der Waals surface area (Å²) in [5, 5.41) is 1.68. The van der Waals surface area contributed by atoms with Crippen LogP contribution in [0.15, 0.2) is 73.3 Å². The first kappa shape index (κ1) is 18.6. The molecule has 0 saturated heterocycles. The number of hydrogen-bond donors (Lipinski definition) is 0. The number of alkyl halides is 3. The zero-order valence-corrected chi connectivity index (χ0v) is 14.5. The highest BCUT2D eigenvalue weighted by Gasteiger charge is 2.29. The molecule has 0 saturated carbocycles. The smallest absolute Gasteiger partial charge is 0.352 e. The first-order chi connectivity index (χ1) is 13.0. The van der Waals surface area contributed by atoms with Crippen LogP contribution >= 0.6 is 0 Å². The largest absolute Gasteiger partial charge is 0.581 e. The maximum atomic E-state index is 12.1. The number of allylic oxidation sites excluding steroid dienone is 1. The minimum Gasteiger partial charge on any atom is -0.352 e. The third-order valence-corrected chi connectivity index (χ3v) is 4.16. The molecule has 1 nitrogen and oxygen atoms in total. The normalized spacial score (nSPS) is 10.9. The van der Waals surface area contributed by atoms with Gasteiger partial charge in [0.05, 0.1) is 0 Å². The van der Waals surface area contributed by atoms with Crippen molar-refractivity contribution in [3.05, 3.63) is 84.4 Å². The van der Waals surface area contributed by atoms with Gasteiger partial charge in [0.2, 0.25) is 0 Å². The van der Waals surface area contributed by atoms with Crippen LogP contribution in [-0.2, 0) is 11.2 Å². The number of hydrogen-bond acceptors (Lipinski definition) is 1. The molecule has 3 aromatic rings. The molecule has 4 heteroatoms. The highest BCUT2D eigenvalue weighted by Crippen LogP contribution is 2.27. The van der Waals surface area contributed by atoms with Crippen molar-refractivity contribution in [2.75, 3.05) is 0 Å². The lowest BCUT2D eigenvalue weighted by atomic mass is 9.97. The van der Waals surface area contributed by atoms with Crippen molar-refractivity contribution in [2.24, 2.45) is 0 Å². The van der Waals surface area contributed by atoms with Crippen LogP contribution in [0.3, 0.4) is 0 Å². The number of fused-ring (bicyclic) bond motifs is 1. The molecule has 3 aromatic carbocycles. The molecule has 136 valence electrons. The highest BCUT2D eigenvalue weighted by atomic mass is 19.4. The van der Waals surface area contributed by atoms with Crippen LogP contribution in [0.5, 0.6) is 0 Å².